The molecule has 9 heteroatoms. The van der Waals surface area contributed by atoms with E-state index in [1.54, 1.807) is 13.4 Å². The van der Waals surface area contributed by atoms with Gasteiger partial charge in [0.2, 0.25) is 11.9 Å². The van der Waals surface area contributed by atoms with Crippen molar-refractivity contribution in [1.82, 2.24) is 24.8 Å². The largest absolute Gasteiger partial charge is 0.495 e. The second kappa shape index (κ2) is 8.89. The number of hydrogen-bond donors (Lipinski definition) is 2. The number of piperazine rings is 1. The molecule has 0 bridgehead atoms. The van der Waals surface area contributed by atoms with Crippen molar-refractivity contribution in [2.75, 3.05) is 44.3 Å². The van der Waals surface area contributed by atoms with Crippen molar-refractivity contribution in [3.8, 4) is 5.75 Å². The quantitative estimate of drug-likeness (QED) is 0.622. The number of nitrogens with one attached hydrogen (secondary N) is 1. The number of nitrogens with zero attached hydrogens (tertiary/aromatic N) is 5. The highest BCUT2D eigenvalue weighted by Crippen LogP contribution is 2.25. The van der Waals surface area contributed by atoms with Crippen LogP contribution in [-0.2, 0) is 13.1 Å². The van der Waals surface area contributed by atoms with Gasteiger partial charge in [0.1, 0.15) is 17.3 Å². The van der Waals surface area contributed by atoms with Gasteiger partial charge in [0.15, 0.2) is 0 Å². The number of ether oxygens (including phenoxy) is 1. The van der Waals surface area contributed by atoms with Gasteiger partial charge in [-0.1, -0.05) is 12.1 Å². The molecule has 1 saturated heterocycles. The number of benzene rings is 1. The van der Waals surface area contributed by atoms with Crippen LogP contribution in [0, 0.1) is 0 Å². The number of rotatable bonds is 7. The molecule has 3 heterocycles. The highest BCUT2D eigenvalue weighted by atomic mass is 16.5. The van der Waals surface area contributed by atoms with Gasteiger partial charge in [-0.15, -0.1) is 0 Å². The lowest BCUT2D eigenvalue weighted by atomic mass is 10.3. The number of furan rings is 1. The summed E-state index contributed by atoms with van der Waals surface area (Å²) in [6.45, 7) is 5.26. The summed E-state index contributed by atoms with van der Waals surface area (Å²) < 4.78 is 10.8. The first kappa shape index (κ1) is 19.2. The van der Waals surface area contributed by atoms with Gasteiger partial charge in [-0.05, 0) is 24.3 Å². The van der Waals surface area contributed by atoms with Gasteiger partial charge >= 0.3 is 0 Å². The second-order valence-electron chi connectivity index (χ2n) is 6.89. The van der Waals surface area contributed by atoms with Crippen LogP contribution in [0.5, 0.6) is 5.75 Å². The lowest BCUT2D eigenvalue weighted by Gasteiger charge is -2.33. The minimum atomic E-state index is 0.198. The van der Waals surface area contributed by atoms with Gasteiger partial charge in [-0.3, -0.25) is 9.80 Å². The lowest BCUT2D eigenvalue weighted by molar-refractivity contribution is 0.114. The van der Waals surface area contributed by atoms with Crippen molar-refractivity contribution in [3.05, 3.63) is 54.2 Å². The smallest absolute Gasteiger partial charge is 0.232 e. The molecule has 0 aliphatic carbocycles. The van der Waals surface area contributed by atoms with E-state index < -0.39 is 0 Å². The fourth-order valence-electron chi connectivity index (χ4n) is 3.36. The summed E-state index contributed by atoms with van der Waals surface area (Å²) in [5.74, 6) is 2.96. The Labute approximate surface area is 169 Å². The van der Waals surface area contributed by atoms with E-state index in [9.17, 15) is 0 Å². The molecule has 0 saturated carbocycles. The Morgan fingerprint density at radius 3 is 2.48 bits per heavy atom. The molecule has 1 aliphatic rings. The highest BCUT2D eigenvalue weighted by Gasteiger charge is 2.19. The molecule has 3 aromatic rings. The first-order chi connectivity index (χ1) is 14.2. The summed E-state index contributed by atoms with van der Waals surface area (Å²) in [6.07, 6.45) is 1.72. The molecule has 1 aliphatic heterocycles. The van der Waals surface area contributed by atoms with E-state index in [-0.39, 0.29) is 5.95 Å². The fourth-order valence-corrected chi connectivity index (χ4v) is 3.36. The third kappa shape index (κ3) is 5.01. The van der Waals surface area contributed by atoms with Crippen LogP contribution in [0.1, 0.15) is 11.6 Å². The monoisotopic (exact) mass is 395 g/mol. The normalized spacial score (nSPS) is 15.3. The van der Waals surface area contributed by atoms with Crippen molar-refractivity contribution in [1.29, 1.82) is 0 Å². The number of aromatic nitrogens is 3. The van der Waals surface area contributed by atoms with E-state index in [1.165, 1.54) is 0 Å². The molecule has 29 heavy (non-hydrogen) atoms. The summed E-state index contributed by atoms with van der Waals surface area (Å²) in [5, 5.41) is 3.17. The molecule has 0 spiro atoms. The lowest BCUT2D eigenvalue weighted by Crippen LogP contribution is -2.45. The highest BCUT2D eigenvalue weighted by molar-refractivity contribution is 5.62. The number of nitrogens with two attached hydrogens (primary N) is 1. The predicted octanol–water partition coefficient (Wildman–Crippen LogP) is 2.12. The number of para-hydroxylation sites is 2. The van der Waals surface area contributed by atoms with Crippen LogP contribution in [0.4, 0.5) is 17.6 Å². The molecule has 9 nitrogen and oxygen atoms in total. The van der Waals surface area contributed by atoms with E-state index in [1.807, 2.05) is 36.4 Å². The topological polar surface area (TPSA) is 106 Å². The van der Waals surface area contributed by atoms with Crippen LogP contribution in [0.3, 0.4) is 0 Å². The zero-order valence-electron chi connectivity index (χ0n) is 16.4. The SMILES string of the molecule is COc1ccccc1Nc1nc(N)nc(CN2CCN(Cc3ccco3)CC2)n1. The number of methoxy groups -OCH3 is 1. The number of hydrogen-bond acceptors (Lipinski definition) is 9. The molecule has 0 atom stereocenters. The molecule has 0 radical (unpaired) electrons. The summed E-state index contributed by atoms with van der Waals surface area (Å²) in [5.41, 5.74) is 6.69. The average Bonchev–Trinajstić information content (AvgIpc) is 3.22. The van der Waals surface area contributed by atoms with Crippen LogP contribution in [0.15, 0.2) is 47.1 Å². The Bertz CT molecular complexity index is 924. The zero-order valence-corrected chi connectivity index (χ0v) is 16.4. The maximum absolute atomic E-state index is 5.92. The Kier molecular flexibility index (Phi) is 5.87. The van der Waals surface area contributed by atoms with Crippen LogP contribution in [-0.4, -0.2) is 58.0 Å². The van der Waals surface area contributed by atoms with Crippen LogP contribution in [0.25, 0.3) is 0 Å². The fraction of sp³-hybridized carbons (Fsp3) is 0.350. The van der Waals surface area contributed by atoms with Crippen molar-refractivity contribution >= 4 is 17.6 Å². The van der Waals surface area contributed by atoms with Gasteiger partial charge in [-0.2, -0.15) is 15.0 Å². The Morgan fingerprint density at radius 2 is 1.76 bits per heavy atom. The van der Waals surface area contributed by atoms with Crippen LogP contribution in [0.2, 0.25) is 0 Å². The maximum atomic E-state index is 5.92. The zero-order chi connectivity index (χ0) is 20.1. The summed E-state index contributed by atoms with van der Waals surface area (Å²) in [6, 6.07) is 11.5. The van der Waals surface area contributed by atoms with Gasteiger partial charge < -0.3 is 20.2 Å². The molecule has 1 fully saturated rings. The third-order valence-corrected chi connectivity index (χ3v) is 4.84. The molecule has 0 unspecified atom stereocenters. The van der Waals surface area contributed by atoms with Gasteiger partial charge in [-0.25, -0.2) is 0 Å². The first-order valence-electron chi connectivity index (χ1n) is 9.57. The molecular formula is C20H25N7O2. The molecule has 4 rings (SSSR count). The van der Waals surface area contributed by atoms with Gasteiger partial charge in [0.05, 0.1) is 32.1 Å². The van der Waals surface area contributed by atoms with Gasteiger partial charge in [0.25, 0.3) is 0 Å². The second-order valence-corrected chi connectivity index (χ2v) is 6.89. The van der Waals surface area contributed by atoms with Crippen molar-refractivity contribution in [2.45, 2.75) is 13.1 Å². The van der Waals surface area contributed by atoms with E-state index in [4.69, 9.17) is 14.9 Å². The Hall–Kier alpha value is -3.17. The van der Waals surface area contributed by atoms with Crippen LogP contribution >= 0.6 is 0 Å². The Morgan fingerprint density at radius 1 is 1.00 bits per heavy atom. The molecular weight excluding hydrogens is 370 g/mol. The average molecular weight is 395 g/mol. The van der Waals surface area contributed by atoms with E-state index in [0.717, 1.165) is 44.2 Å². The van der Waals surface area contributed by atoms with Crippen molar-refractivity contribution in [2.24, 2.45) is 0 Å². The minimum absolute atomic E-state index is 0.198. The molecule has 152 valence electrons. The van der Waals surface area contributed by atoms with E-state index in [0.29, 0.717) is 24.1 Å². The summed E-state index contributed by atoms with van der Waals surface area (Å²) >= 11 is 0. The molecule has 3 N–H and O–H groups in total. The summed E-state index contributed by atoms with van der Waals surface area (Å²) in [7, 11) is 1.62. The predicted molar refractivity (Wildman–Crippen MR) is 110 cm³/mol. The third-order valence-electron chi connectivity index (χ3n) is 4.84. The first-order valence-corrected chi connectivity index (χ1v) is 9.57. The summed E-state index contributed by atoms with van der Waals surface area (Å²) in [4.78, 5) is 17.7. The number of anilines is 3. The van der Waals surface area contributed by atoms with Crippen molar-refractivity contribution < 1.29 is 9.15 Å². The van der Waals surface area contributed by atoms with Crippen LogP contribution < -0.4 is 15.8 Å². The Balaban J connectivity index is 1.37. The maximum Gasteiger partial charge on any atom is 0.232 e. The van der Waals surface area contributed by atoms with E-state index >= 15 is 0 Å². The molecule has 0 amide bonds. The standard InChI is InChI=1S/C20H25N7O2/c1-28-17-7-3-2-6-16(17)22-20-24-18(23-19(21)25-20)14-27-10-8-26(9-11-27)13-15-5-4-12-29-15/h2-7,12H,8-11,13-14H2,1H3,(H3,21,22,23,24,25). The van der Waals surface area contributed by atoms with Crippen molar-refractivity contribution in [3.63, 3.8) is 0 Å². The molecule has 1 aromatic carbocycles. The van der Waals surface area contributed by atoms with E-state index in [2.05, 4.69) is 30.1 Å². The minimum Gasteiger partial charge on any atom is -0.495 e. The molecule has 2 aromatic heterocycles. The number of nitrogen functional groups attached to an aromatic ring is 1. The van der Waals surface area contributed by atoms with Gasteiger partial charge in [0, 0.05) is 26.2 Å².